The van der Waals surface area contributed by atoms with Gasteiger partial charge in [0.1, 0.15) is 5.01 Å². The number of hydrogen-bond donors (Lipinski definition) is 0. The van der Waals surface area contributed by atoms with Gasteiger partial charge < -0.3 is 0 Å². The predicted molar refractivity (Wildman–Crippen MR) is 75.7 cm³/mol. The number of aromatic nitrogens is 3. The Morgan fingerprint density at radius 1 is 1.28 bits per heavy atom. The van der Waals surface area contributed by atoms with Crippen LogP contribution in [0, 0.1) is 0 Å². The highest BCUT2D eigenvalue weighted by Gasteiger charge is 2.09. The minimum absolute atomic E-state index is 0.535. The highest BCUT2D eigenvalue weighted by Crippen LogP contribution is 2.29. The second kappa shape index (κ2) is 4.53. The molecule has 1 aromatic carbocycles. The number of hydrogen-bond acceptors (Lipinski definition) is 3. The van der Waals surface area contributed by atoms with Gasteiger partial charge in [0.2, 0.25) is 4.96 Å². The Labute approximate surface area is 118 Å². The van der Waals surface area contributed by atoms with Gasteiger partial charge in [-0.1, -0.05) is 47.5 Å². The Morgan fingerprint density at radius 3 is 2.78 bits per heavy atom. The molecule has 0 N–H and O–H groups in total. The first-order valence-electron chi connectivity index (χ1n) is 5.48. The maximum atomic E-state index is 6.00. The summed E-state index contributed by atoms with van der Waals surface area (Å²) in [7, 11) is 0. The number of nitrogens with zero attached hydrogens (tertiary/aromatic N) is 3. The van der Waals surface area contributed by atoms with E-state index in [1.54, 1.807) is 21.9 Å². The van der Waals surface area contributed by atoms with E-state index in [1.165, 1.54) is 0 Å². The van der Waals surface area contributed by atoms with Crippen LogP contribution in [0.1, 0.15) is 11.9 Å². The van der Waals surface area contributed by atoms with Gasteiger partial charge >= 0.3 is 0 Å². The predicted octanol–water partition coefficient (Wildman–Crippen LogP) is 4.33. The minimum atomic E-state index is 0.535. The highest BCUT2D eigenvalue weighted by molar-refractivity contribution is 7.16. The number of halogens is 2. The molecule has 0 radical (unpaired) electrons. The molecular weight excluding hydrogens is 289 g/mol. The van der Waals surface area contributed by atoms with E-state index < -0.39 is 0 Å². The van der Waals surface area contributed by atoms with E-state index in [9.17, 15) is 0 Å². The van der Waals surface area contributed by atoms with Crippen molar-refractivity contribution in [3.8, 4) is 11.3 Å². The molecule has 92 valence electrons. The van der Waals surface area contributed by atoms with Crippen LogP contribution in [-0.2, 0) is 6.42 Å². The maximum Gasteiger partial charge on any atom is 0.212 e. The zero-order valence-corrected chi connectivity index (χ0v) is 11.9. The fourth-order valence-electron chi connectivity index (χ4n) is 1.68. The number of aryl methyl sites for hydroxylation is 1. The van der Waals surface area contributed by atoms with E-state index in [0.717, 1.165) is 27.6 Å². The summed E-state index contributed by atoms with van der Waals surface area (Å²) in [6, 6.07) is 5.50. The first kappa shape index (κ1) is 12.0. The molecule has 0 bridgehead atoms. The molecular formula is C12H9Cl2N3S. The molecule has 3 aromatic rings. The third-order valence-electron chi connectivity index (χ3n) is 2.60. The van der Waals surface area contributed by atoms with E-state index in [2.05, 4.69) is 17.0 Å². The topological polar surface area (TPSA) is 30.2 Å². The third kappa shape index (κ3) is 2.00. The van der Waals surface area contributed by atoms with E-state index in [4.69, 9.17) is 23.2 Å². The van der Waals surface area contributed by atoms with Crippen molar-refractivity contribution in [3.05, 3.63) is 39.4 Å². The summed E-state index contributed by atoms with van der Waals surface area (Å²) in [5.41, 5.74) is 1.80. The summed E-state index contributed by atoms with van der Waals surface area (Å²) < 4.78 is 1.81. The van der Waals surface area contributed by atoms with Crippen LogP contribution in [0.5, 0.6) is 0 Å². The minimum Gasteiger partial charge on any atom is -0.217 e. The van der Waals surface area contributed by atoms with Crippen molar-refractivity contribution < 1.29 is 0 Å². The Hall–Kier alpha value is -1.10. The number of benzene rings is 1. The van der Waals surface area contributed by atoms with Gasteiger partial charge in [0, 0.05) is 5.56 Å². The quantitative estimate of drug-likeness (QED) is 0.705. The SMILES string of the molecule is CCc1nn2cc(-c3ccc(Cl)c(Cl)c3)nc2s1. The van der Waals surface area contributed by atoms with Gasteiger partial charge in [0.25, 0.3) is 0 Å². The Morgan fingerprint density at radius 2 is 2.11 bits per heavy atom. The van der Waals surface area contributed by atoms with Gasteiger partial charge in [-0.3, -0.25) is 0 Å². The standard InChI is InChI=1S/C12H9Cl2N3S/c1-2-11-16-17-6-10(15-12(17)18-11)7-3-4-8(13)9(14)5-7/h3-6H,2H2,1H3. The summed E-state index contributed by atoms with van der Waals surface area (Å²) in [4.78, 5) is 5.44. The number of imidazole rings is 1. The summed E-state index contributed by atoms with van der Waals surface area (Å²) in [5.74, 6) is 0. The lowest BCUT2D eigenvalue weighted by molar-refractivity contribution is 0.910. The average Bonchev–Trinajstić information content (AvgIpc) is 2.90. The van der Waals surface area contributed by atoms with Crippen LogP contribution in [0.4, 0.5) is 0 Å². The molecule has 0 aliphatic rings. The van der Waals surface area contributed by atoms with E-state index in [0.29, 0.717) is 10.0 Å². The average molecular weight is 298 g/mol. The Kier molecular flexibility index (Phi) is 3.01. The molecule has 0 aliphatic carbocycles. The molecule has 3 nitrogen and oxygen atoms in total. The smallest absolute Gasteiger partial charge is 0.212 e. The van der Waals surface area contributed by atoms with Crippen LogP contribution < -0.4 is 0 Å². The van der Waals surface area contributed by atoms with Gasteiger partial charge in [-0.05, 0) is 18.6 Å². The second-order valence-corrected chi connectivity index (χ2v) is 5.69. The monoisotopic (exact) mass is 297 g/mol. The molecule has 0 unspecified atom stereocenters. The fraction of sp³-hybridized carbons (Fsp3) is 0.167. The van der Waals surface area contributed by atoms with Crippen molar-refractivity contribution >= 4 is 39.5 Å². The molecule has 0 spiro atoms. The van der Waals surface area contributed by atoms with Crippen LogP contribution in [-0.4, -0.2) is 14.6 Å². The maximum absolute atomic E-state index is 6.00. The van der Waals surface area contributed by atoms with Gasteiger partial charge in [-0.25, -0.2) is 9.50 Å². The molecule has 0 amide bonds. The largest absolute Gasteiger partial charge is 0.217 e. The molecule has 6 heteroatoms. The van der Waals surface area contributed by atoms with Gasteiger partial charge in [-0.2, -0.15) is 5.10 Å². The van der Waals surface area contributed by atoms with Crippen molar-refractivity contribution in [2.75, 3.05) is 0 Å². The molecule has 0 aliphatic heterocycles. The van der Waals surface area contributed by atoms with Crippen LogP contribution in [0.25, 0.3) is 16.2 Å². The van der Waals surface area contributed by atoms with Crippen molar-refractivity contribution in [1.29, 1.82) is 0 Å². The van der Waals surface area contributed by atoms with Gasteiger partial charge in [0.05, 0.1) is 21.9 Å². The zero-order chi connectivity index (χ0) is 12.7. The van der Waals surface area contributed by atoms with Crippen molar-refractivity contribution in [3.63, 3.8) is 0 Å². The molecule has 3 rings (SSSR count). The Balaban J connectivity index is 2.07. The Bertz CT molecular complexity index is 686. The van der Waals surface area contributed by atoms with Gasteiger partial charge in [0.15, 0.2) is 0 Å². The van der Waals surface area contributed by atoms with Crippen molar-refractivity contribution in [2.45, 2.75) is 13.3 Å². The number of rotatable bonds is 2. The first-order chi connectivity index (χ1) is 8.67. The molecule has 0 atom stereocenters. The van der Waals surface area contributed by atoms with Gasteiger partial charge in [-0.15, -0.1) is 0 Å². The van der Waals surface area contributed by atoms with Crippen molar-refractivity contribution in [1.82, 2.24) is 14.6 Å². The summed E-state index contributed by atoms with van der Waals surface area (Å²) in [6.45, 7) is 2.08. The summed E-state index contributed by atoms with van der Waals surface area (Å²) in [6.07, 6.45) is 2.83. The lowest BCUT2D eigenvalue weighted by Crippen LogP contribution is -1.83. The van der Waals surface area contributed by atoms with Crippen LogP contribution in [0.15, 0.2) is 24.4 Å². The lowest BCUT2D eigenvalue weighted by Gasteiger charge is -1.98. The van der Waals surface area contributed by atoms with E-state index in [-0.39, 0.29) is 0 Å². The molecule has 2 aromatic heterocycles. The third-order valence-corrected chi connectivity index (χ3v) is 4.41. The van der Waals surface area contributed by atoms with Crippen LogP contribution >= 0.6 is 34.5 Å². The highest BCUT2D eigenvalue weighted by atomic mass is 35.5. The molecule has 18 heavy (non-hydrogen) atoms. The van der Waals surface area contributed by atoms with E-state index in [1.807, 2.05) is 18.3 Å². The van der Waals surface area contributed by atoms with Crippen LogP contribution in [0.3, 0.4) is 0 Å². The lowest BCUT2D eigenvalue weighted by atomic mass is 10.2. The van der Waals surface area contributed by atoms with Crippen LogP contribution in [0.2, 0.25) is 10.0 Å². The molecule has 0 saturated heterocycles. The molecule has 2 heterocycles. The van der Waals surface area contributed by atoms with E-state index >= 15 is 0 Å². The fourth-order valence-corrected chi connectivity index (χ4v) is 2.79. The number of fused-ring (bicyclic) bond motifs is 1. The summed E-state index contributed by atoms with van der Waals surface area (Å²) >= 11 is 13.5. The molecule has 0 saturated carbocycles. The molecule has 0 fully saturated rings. The second-order valence-electron chi connectivity index (χ2n) is 3.83. The van der Waals surface area contributed by atoms with Crippen molar-refractivity contribution in [2.24, 2.45) is 0 Å². The normalized spacial score (nSPS) is 11.3. The summed E-state index contributed by atoms with van der Waals surface area (Å²) in [5, 5.41) is 6.60. The first-order valence-corrected chi connectivity index (χ1v) is 7.05. The zero-order valence-electron chi connectivity index (χ0n) is 9.52.